The smallest absolute Gasteiger partial charge is 0.260 e. The quantitative estimate of drug-likeness (QED) is 0.269. The van der Waals surface area contributed by atoms with Crippen LogP contribution in [0.1, 0.15) is 40.9 Å². The molecule has 198 valence electrons. The fourth-order valence-corrected chi connectivity index (χ4v) is 5.15. The van der Waals surface area contributed by atoms with Crippen molar-refractivity contribution in [1.82, 2.24) is 4.90 Å². The molecule has 3 heterocycles. The number of fused-ring (bicyclic) bond motifs is 2. The number of carbonyl (C=O) groups is 2. The van der Waals surface area contributed by atoms with Crippen molar-refractivity contribution in [2.45, 2.75) is 25.7 Å². The van der Waals surface area contributed by atoms with Crippen LogP contribution in [-0.2, 0) is 11.2 Å². The third-order valence-corrected chi connectivity index (χ3v) is 7.27. The number of piperidine rings is 1. The number of amides is 1. The number of benzene rings is 3. The van der Waals surface area contributed by atoms with E-state index in [1.54, 1.807) is 37.6 Å². The second-order valence-electron chi connectivity index (χ2n) is 9.77. The number of ether oxygens (including phenoxy) is 3. The fourth-order valence-electron chi connectivity index (χ4n) is 5.15. The molecule has 0 saturated carbocycles. The Morgan fingerprint density at radius 2 is 1.67 bits per heavy atom. The molecule has 0 N–H and O–H groups in total. The Hall–Kier alpha value is -4.52. The highest BCUT2D eigenvalue weighted by Crippen LogP contribution is 2.40. The van der Waals surface area contributed by atoms with Crippen LogP contribution in [0.4, 0.5) is 0 Å². The normalized spacial score (nSPS) is 14.5. The number of rotatable bonds is 7. The second kappa shape index (κ2) is 10.7. The van der Waals surface area contributed by atoms with E-state index in [0.717, 1.165) is 65.9 Å². The Morgan fingerprint density at radius 3 is 2.41 bits per heavy atom. The van der Waals surface area contributed by atoms with Crippen LogP contribution in [0.2, 0.25) is 0 Å². The maximum absolute atomic E-state index is 13.8. The second-order valence-corrected chi connectivity index (χ2v) is 9.77. The molecule has 7 heteroatoms. The van der Waals surface area contributed by atoms with Gasteiger partial charge in [-0.25, -0.2) is 0 Å². The zero-order chi connectivity index (χ0) is 26.8. The van der Waals surface area contributed by atoms with Gasteiger partial charge in [0.1, 0.15) is 22.8 Å². The Morgan fingerprint density at radius 1 is 0.923 bits per heavy atom. The SMILES string of the molecule is COc1ccc(-c2c(C(=O)c3ccc(OCC(=O)N4CCCCC4)cc3)oc3cc4c(cc23)CC=CO4)cc1. The summed E-state index contributed by atoms with van der Waals surface area (Å²) < 4.78 is 22.9. The first-order valence-corrected chi connectivity index (χ1v) is 13.2. The van der Waals surface area contributed by atoms with Crippen LogP contribution in [0.3, 0.4) is 0 Å². The van der Waals surface area contributed by atoms with Crippen LogP contribution in [0.5, 0.6) is 17.2 Å². The molecule has 0 radical (unpaired) electrons. The molecule has 4 aromatic rings. The maximum Gasteiger partial charge on any atom is 0.260 e. The molecule has 3 aromatic carbocycles. The lowest BCUT2D eigenvalue weighted by Crippen LogP contribution is -2.38. The van der Waals surface area contributed by atoms with Crippen LogP contribution in [0.15, 0.2) is 77.4 Å². The van der Waals surface area contributed by atoms with Gasteiger partial charge in [-0.1, -0.05) is 12.1 Å². The molecule has 0 unspecified atom stereocenters. The molecule has 0 atom stereocenters. The summed E-state index contributed by atoms with van der Waals surface area (Å²) in [6, 6.07) is 18.3. The van der Waals surface area contributed by atoms with E-state index in [-0.39, 0.29) is 24.1 Å². The highest BCUT2D eigenvalue weighted by atomic mass is 16.5. The molecule has 7 nitrogen and oxygen atoms in total. The van der Waals surface area contributed by atoms with Crippen molar-refractivity contribution in [2.24, 2.45) is 0 Å². The third kappa shape index (κ3) is 5.00. The van der Waals surface area contributed by atoms with Crippen molar-refractivity contribution in [1.29, 1.82) is 0 Å². The number of allylic oxidation sites excluding steroid dienone is 1. The van der Waals surface area contributed by atoms with Crippen molar-refractivity contribution in [2.75, 3.05) is 26.8 Å². The van der Waals surface area contributed by atoms with Gasteiger partial charge in [0.2, 0.25) is 5.78 Å². The summed E-state index contributed by atoms with van der Waals surface area (Å²) in [6.07, 6.45) is 7.60. The Labute approximate surface area is 226 Å². The summed E-state index contributed by atoms with van der Waals surface area (Å²) in [5.41, 5.74) is 3.64. The number of carbonyl (C=O) groups excluding carboxylic acids is 2. The minimum Gasteiger partial charge on any atom is -0.497 e. The van der Waals surface area contributed by atoms with E-state index in [9.17, 15) is 9.59 Å². The largest absolute Gasteiger partial charge is 0.497 e. The summed E-state index contributed by atoms with van der Waals surface area (Å²) >= 11 is 0. The maximum atomic E-state index is 13.8. The van der Waals surface area contributed by atoms with Gasteiger partial charge in [-0.05, 0) is 85.4 Å². The summed E-state index contributed by atoms with van der Waals surface area (Å²) in [5, 5.41) is 0.845. The number of ketones is 1. The summed E-state index contributed by atoms with van der Waals surface area (Å²) in [7, 11) is 1.62. The van der Waals surface area contributed by atoms with Gasteiger partial charge in [-0.15, -0.1) is 0 Å². The molecule has 1 saturated heterocycles. The van der Waals surface area contributed by atoms with Crippen molar-refractivity contribution < 1.29 is 28.2 Å². The summed E-state index contributed by atoms with van der Waals surface area (Å²) in [5.74, 6) is 1.98. The lowest BCUT2D eigenvalue weighted by Gasteiger charge is -2.26. The van der Waals surface area contributed by atoms with E-state index in [4.69, 9.17) is 18.6 Å². The number of methoxy groups -OCH3 is 1. The zero-order valence-corrected chi connectivity index (χ0v) is 21.8. The summed E-state index contributed by atoms with van der Waals surface area (Å²) in [4.78, 5) is 28.1. The van der Waals surface area contributed by atoms with Crippen LogP contribution < -0.4 is 14.2 Å². The first-order chi connectivity index (χ1) is 19.1. The van der Waals surface area contributed by atoms with Gasteiger partial charge in [0, 0.05) is 35.7 Å². The predicted octanol–water partition coefficient (Wildman–Crippen LogP) is 6.18. The van der Waals surface area contributed by atoms with E-state index in [1.165, 1.54) is 6.42 Å². The van der Waals surface area contributed by atoms with Crippen molar-refractivity contribution in [3.63, 3.8) is 0 Å². The van der Waals surface area contributed by atoms with Crippen LogP contribution in [-0.4, -0.2) is 43.4 Å². The summed E-state index contributed by atoms with van der Waals surface area (Å²) in [6.45, 7) is 1.56. The molecule has 2 aliphatic rings. The molecular weight excluding hydrogens is 494 g/mol. The van der Waals surface area contributed by atoms with Crippen LogP contribution in [0.25, 0.3) is 22.1 Å². The van der Waals surface area contributed by atoms with Crippen molar-refractivity contribution in [3.05, 3.63) is 89.9 Å². The minimum atomic E-state index is -0.245. The van der Waals surface area contributed by atoms with Gasteiger partial charge in [-0.2, -0.15) is 0 Å². The monoisotopic (exact) mass is 523 g/mol. The van der Waals surface area contributed by atoms with E-state index in [0.29, 0.717) is 16.9 Å². The number of hydrogen-bond acceptors (Lipinski definition) is 6. The molecule has 2 aliphatic heterocycles. The molecule has 39 heavy (non-hydrogen) atoms. The number of furan rings is 1. The lowest BCUT2D eigenvalue weighted by atomic mass is 9.96. The van der Waals surface area contributed by atoms with Crippen molar-refractivity contribution >= 4 is 22.7 Å². The van der Waals surface area contributed by atoms with Gasteiger partial charge in [0.25, 0.3) is 5.91 Å². The standard InChI is InChI=1S/C32H29NO6/c1-36-24-11-7-21(8-12-24)30-26-18-23-6-5-17-37-27(23)19-28(26)39-32(30)31(35)22-9-13-25(14-10-22)38-20-29(34)33-15-3-2-4-16-33/h5,7-14,17-19H,2-4,6,15-16,20H2,1H3. The zero-order valence-electron chi connectivity index (χ0n) is 21.8. The third-order valence-electron chi connectivity index (χ3n) is 7.27. The van der Waals surface area contributed by atoms with Gasteiger partial charge in [0.15, 0.2) is 12.4 Å². The van der Waals surface area contributed by atoms with Crippen molar-refractivity contribution in [3.8, 4) is 28.4 Å². The van der Waals surface area contributed by atoms with E-state index < -0.39 is 0 Å². The first-order valence-electron chi connectivity index (χ1n) is 13.2. The Bertz CT molecular complexity index is 1540. The molecule has 0 spiro atoms. The molecule has 1 amide bonds. The first kappa shape index (κ1) is 24.8. The number of nitrogens with zero attached hydrogens (tertiary/aromatic N) is 1. The highest BCUT2D eigenvalue weighted by molar-refractivity contribution is 6.16. The lowest BCUT2D eigenvalue weighted by molar-refractivity contribution is -0.134. The van der Waals surface area contributed by atoms with E-state index in [2.05, 4.69) is 0 Å². The average Bonchev–Trinajstić information content (AvgIpc) is 3.37. The van der Waals surface area contributed by atoms with Gasteiger partial charge < -0.3 is 23.5 Å². The molecule has 0 aliphatic carbocycles. The topological polar surface area (TPSA) is 78.2 Å². The molecule has 6 rings (SSSR count). The van der Waals surface area contributed by atoms with Crippen LogP contribution >= 0.6 is 0 Å². The van der Waals surface area contributed by atoms with Gasteiger partial charge >= 0.3 is 0 Å². The van der Waals surface area contributed by atoms with Gasteiger partial charge in [0.05, 0.1) is 13.4 Å². The van der Waals surface area contributed by atoms with Gasteiger partial charge in [-0.3, -0.25) is 9.59 Å². The predicted molar refractivity (Wildman–Crippen MR) is 147 cm³/mol. The van der Waals surface area contributed by atoms with Crippen LogP contribution in [0, 0.1) is 0 Å². The Kier molecular flexibility index (Phi) is 6.80. The molecule has 1 aromatic heterocycles. The van der Waals surface area contributed by atoms with E-state index >= 15 is 0 Å². The average molecular weight is 524 g/mol. The highest BCUT2D eigenvalue weighted by Gasteiger charge is 2.25. The minimum absolute atomic E-state index is 0.0110. The molecule has 0 bridgehead atoms. The number of likely N-dealkylation sites (tertiary alicyclic amines) is 1. The molecular formula is C32H29NO6. The van der Waals surface area contributed by atoms with E-state index in [1.807, 2.05) is 47.4 Å². The number of hydrogen-bond donors (Lipinski definition) is 0. The Balaban J connectivity index is 1.29. The molecule has 1 fully saturated rings. The fraction of sp³-hybridized carbons (Fsp3) is 0.250.